The number of hydrogen-bond donors (Lipinski definition) is 1. The van der Waals surface area contributed by atoms with Crippen LogP contribution in [0, 0.1) is 0 Å². The van der Waals surface area contributed by atoms with Gasteiger partial charge in [0.1, 0.15) is 11.8 Å². The highest BCUT2D eigenvalue weighted by atomic mass is 35.5. The van der Waals surface area contributed by atoms with Crippen LogP contribution in [0.5, 0.6) is 0 Å². The van der Waals surface area contributed by atoms with Crippen molar-refractivity contribution in [3.05, 3.63) is 75.3 Å². The Balaban J connectivity index is 1.76. The molecule has 144 valence electrons. The Morgan fingerprint density at radius 2 is 1.79 bits per heavy atom. The Morgan fingerprint density at radius 3 is 2.52 bits per heavy atom. The summed E-state index contributed by atoms with van der Waals surface area (Å²) in [6.45, 7) is 0.495. The fourth-order valence-corrected chi connectivity index (χ4v) is 4.94. The van der Waals surface area contributed by atoms with Crippen LogP contribution in [0.4, 0.5) is 0 Å². The average molecular weight is 439 g/mol. The SMILES string of the molecule is NCCc1c(Cl)cc(-n2cnc3cnc4ccc(-c5ccsc5)cc4c32)cc1Cl. The molecule has 4 nitrogen and oxygen atoms in total. The lowest BCUT2D eigenvalue weighted by Gasteiger charge is -2.12. The first kappa shape index (κ1) is 18.6. The molecule has 0 saturated carbocycles. The van der Waals surface area contributed by atoms with Gasteiger partial charge >= 0.3 is 0 Å². The second-order valence-electron chi connectivity index (χ2n) is 6.78. The van der Waals surface area contributed by atoms with E-state index in [1.807, 2.05) is 22.8 Å². The molecule has 0 bridgehead atoms. The van der Waals surface area contributed by atoms with E-state index in [-0.39, 0.29) is 0 Å². The molecular formula is C22H16Cl2N4S. The molecule has 0 unspecified atom stereocenters. The lowest BCUT2D eigenvalue weighted by atomic mass is 10.1. The fraction of sp³-hybridized carbons (Fsp3) is 0.0909. The number of pyridine rings is 1. The standard InChI is InChI=1S/C22H16Cl2N4S/c23-18-8-15(9-19(24)16(18)3-5-25)28-12-27-21-10-26-20-2-1-13(7-17(20)22(21)28)14-4-6-29-11-14/h1-2,4,6-12H,3,5,25H2. The smallest absolute Gasteiger partial charge is 0.108 e. The zero-order valence-corrected chi connectivity index (χ0v) is 17.6. The Bertz CT molecular complexity index is 1320. The Kier molecular flexibility index (Phi) is 4.76. The summed E-state index contributed by atoms with van der Waals surface area (Å²) in [5.41, 5.74) is 12.5. The average Bonchev–Trinajstić information content (AvgIpc) is 3.40. The molecule has 0 aliphatic rings. The van der Waals surface area contributed by atoms with Crippen molar-refractivity contribution in [3.63, 3.8) is 0 Å². The molecule has 29 heavy (non-hydrogen) atoms. The Morgan fingerprint density at radius 1 is 0.966 bits per heavy atom. The third kappa shape index (κ3) is 3.20. The van der Waals surface area contributed by atoms with Crippen LogP contribution in [0.1, 0.15) is 5.56 Å². The maximum atomic E-state index is 6.51. The number of benzene rings is 2. The number of fused-ring (bicyclic) bond motifs is 3. The van der Waals surface area contributed by atoms with Gasteiger partial charge in [0.2, 0.25) is 0 Å². The number of imidazole rings is 1. The number of nitrogens with two attached hydrogens (primary N) is 1. The number of rotatable bonds is 4. The number of nitrogens with zero attached hydrogens (tertiary/aromatic N) is 3. The molecule has 0 atom stereocenters. The van der Waals surface area contributed by atoms with Crippen LogP contribution in [-0.2, 0) is 6.42 Å². The summed E-state index contributed by atoms with van der Waals surface area (Å²) in [6.07, 6.45) is 4.22. The van der Waals surface area contributed by atoms with E-state index in [0.29, 0.717) is 23.0 Å². The Hall–Kier alpha value is -2.44. The first-order chi connectivity index (χ1) is 14.2. The molecule has 2 N–H and O–H groups in total. The summed E-state index contributed by atoms with van der Waals surface area (Å²) >= 11 is 14.7. The van der Waals surface area contributed by atoms with Gasteiger partial charge in [-0.05, 0) is 70.7 Å². The molecule has 0 fully saturated rings. The first-order valence-corrected chi connectivity index (χ1v) is 10.8. The molecule has 0 amide bonds. The summed E-state index contributed by atoms with van der Waals surface area (Å²) in [6, 6.07) is 12.2. The highest BCUT2D eigenvalue weighted by molar-refractivity contribution is 7.08. The third-order valence-corrected chi connectivity index (χ3v) is 6.38. The molecule has 0 aliphatic heterocycles. The van der Waals surface area contributed by atoms with E-state index in [9.17, 15) is 0 Å². The van der Waals surface area contributed by atoms with Crippen LogP contribution in [-0.4, -0.2) is 21.1 Å². The van der Waals surface area contributed by atoms with Gasteiger partial charge in [0, 0.05) is 15.4 Å². The van der Waals surface area contributed by atoms with Crippen LogP contribution >= 0.6 is 34.5 Å². The van der Waals surface area contributed by atoms with Gasteiger partial charge in [-0.25, -0.2) is 4.98 Å². The molecule has 0 radical (unpaired) electrons. The van der Waals surface area contributed by atoms with E-state index >= 15 is 0 Å². The number of aromatic nitrogens is 3. The molecule has 0 aliphatic carbocycles. The molecule has 3 heterocycles. The van der Waals surface area contributed by atoms with Crippen LogP contribution in [0.2, 0.25) is 10.0 Å². The van der Waals surface area contributed by atoms with E-state index in [2.05, 4.69) is 38.9 Å². The van der Waals surface area contributed by atoms with Crippen LogP contribution in [0.25, 0.3) is 38.8 Å². The normalized spacial score (nSPS) is 11.6. The van der Waals surface area contributed by atoms with E-state index in [0.717, 1.165) is 38.8 Å². The molecule has 0 spiro atoms. The van der Waals surface area contributed by atoms with Gasteiger partial charge in [-0.1, -0.05) is 29.3 Å². The van der Waals surface area contributed by atoms with Gasteiger partial charge in [0.25, 0.3) is 0 Å². The maximum Gasteiger partial charge on any atom is 0.108 e. The molecule has 5 aromatic rings. The predicted octanol–water partition coefficient (Wildman–Crippen LogP) is 6.11. The van der Waals surface area contributed by atoms with Crippen LogP contribution in [0.3, 0.4) is 0 Å². The minimum absolute atomic E-state index is 0.495. The lowest BCUT2D eigenvalue weighted by molar-refractivity contribution is 0.966. The van der Waals surface area contributed by atoms with Crippen LogP contribution < -0.4 is 5.73 Å². The molecule has 0 saturated heterocycles. The third-order valence-electron chi connectivity index (χ3n) is 5.03. The van der Waals surface area contributed by atoms with Crippen molar-refractivity contribution in [1.82, 2.24) is 14.5 Å². The summed E-state index contributed by atoms with van der Waals surface area (Å²) in [4.78, 5) is 9.13. The van der Waals surface area contributed by atoms with E-state index in [1.165, 1.54) is 5.56 Å². The predicted molar refractivity (Wildman–Crippen MR) is 122 cm³/mol. The Labute approximate surface area is 181 Å². The minimum atomic E-state index is 0.495. The van der Waals surface area contributed by atoms with Gasteiger partial charge in [-0.3, -0.25) is 9.55 Å². The second-order valence-corrected chi connectivity index (χ2v) is 8.37. The quantitative estimate of drug-likeness (QED) is 0.368. The van der Waals surface area contributed by atoms with Gasteiger partial charge in [0.05, 0.1) is 22.9 Å². The van der Waals surface area contributed by atoms with Gasteiger partial charge in [-0.15, -0.1) is 0 Å². The van der Waals surface area contributed by atoms with Crippen molar-refractivity contribution >= 4 is 56.5 Å². The summed E-state index contributed by atoms with van der Waals surface area (Å²) in [5, 5.41) is 6.47. The zero-order chi connectivity index (χ0) is 20.0. The van der Waals surface area contributed by atoms with E-state index < -0.39 is 0 Å². The topological polar surface area (TPSA) is 56.7 Å². The van der Waals surface area contributed by atoms with Crippen molar-refractivity contribution in [1.29, 1.82) is 0 Å². The summed E-state index contributed by atoms with van der Waals surface area (Å²) in [5.74, 6) is 0. The minimum Gasteiger partial charge on any atom is -0.330 e. The number of thiophene rings is 1. The highest BCUT2D eigenvalue weighted by Gasteiger charge is 2.14. The van der Waals surface area contributed by atoms with Crippen molar-refractivity contribution in [2.24, 2.45) is 5.73 Å². The van der Waals surface area contributed by atoms with Crippen molar-refractivity contribution < 1.29 is 0 Å². The van der Waals surface area contributed by atoms with Gasteiger partial charge in [0.15, 0.2) is 0 Å². The van der Waals surface area contributed by atoms with E-state index in [1.54, 1.807) is 23.9 Å². The molecule has 2 aromatic carbocycles. The fourth-order valence-electron chi connectivity index (χ4n) is 3.61. The van der Waals surface area contributed by atoms with Crippen molar-refractivity contribution in [3.8, 4) is 16.8 Å². The van der Waals surface area contributed by atoms with Gasteiger partial charge < -0.3 is 5.73 Å². The molecule has 5 rings (SSSR count). The van der Waals surface area contributed by atoms with Crippen molar-refractivity contribution in [2.45, 2.75) is 6.42 Å². The van der Waals surface area contributed by atoms with E-state index in [4.69, 9.17) is 28.9 Å². The summed E-state index contributed by atoms with van der Waals surface area (Å²) in [7, 11) is 0. The lowest BCUT2D eigenvalue weighted by Crippen LogP contribution is -2.04. The first-order valence-electron chi connectivity index (χ1n) is 9.12. The molecule has 7 heteroatoms. The highest BCUT2D eigenvalue weighted by Crippen LogP contribution is 2.33. The largest absolute Gasteiger partial charge is 0.330 e. The van der Waals surface area contributed by atoms with Crippen LogP contribution in [0.15, 0.2) is 59.7 Å². The molecule has 3 aromatic heterocycles. The maximum absolute atomic E-state index is 6.51. The zero-order valence-electron chi connectivity index (χ0n) is 15.3. The van der Waals surface area contributed by atoms with Crippen molar-refractivity contribution in [2.75, 3.05) is 6.54 Å². The van der Waals surface area contributed by atoms with Gasteiger partial charge in [-0.2, -0.15) is 11.3 Å². The monoisotopic (exact) mass is 438 g/mol. The summed E-state index contributed by atoms with van der Waals surface area (Å²) < 4.78 is 2.01. The second kappa shape index (κ2) is 7.43. The number of halogens is 2. The number of hydrogen-bond acceptors (Lipinski definition) is 4. The molecular weight excluding hydrogens is 423 g/mol.